The van der Waals surface area contributed by atoms with Gasteiger partial charge in [-0.05, 0) is 19.8 Å². The van der Waals surface area contributed by atoms with E-state index in [0.717, 1.165) is 12.1 Å². The molecule has 0 spiro atoms. The zero-order valence-corrected chi connectivity index (χ0v) is 10.5. The normalized spacial score (nSPS) is 14.1. The SMILES string of the molecule is CCc1cc(NCC(C)(CC)C(=O)O)ncn1. The van der Waals surface area contributed by atoms with Gasteiger partial charge in [-0.15, -0.1) is 0 Å². The Balaban J connectivity index is 2.69. The Morgan fingerprint density at radius 1 is 1.47 bits per heavy atom. The molecule has 5 nitrogen and oxygen atoms in total. The summed E-state index contributed by atoms with van der Waals surface area (Å²) in [6.45, 7) is 5.97. The monoisotopic (exact) mass is 237 g/mol. The van der Waals surface area contributed by atoms with E-state index in [0.29, 0.717) is 18.8 Å². The summed E-state index contributed by atoms with van der Waals surface area (Å²) >= 11 is 0. The van der Waals surface area contributed by atoms with Gasteiger partial charge < -0.3 is 10.4 Å². The van der Waals surface area contributed by atoms with Gasteiger partial charge >= 0.3 is 5.97 Å². The Labute approximate surface area is 101 Å². The van der Waals surface area contributed by atoms with Crippen LogP contribution in [0.3, 0.4) is 0 Å². The lowest BCUT2D eigenvalue weighted by Gasteiger charge is -2.23. The maximum atomic E-state index is 11.1. The van der Waals surface area contributed by atoms with Crippen LogP contribution in [0.2, 0.25) is 0 Å². The molecule has 0 aliphatic carbocycles. The molecule has 0 fully saturated rings. The van der Waals surface area contributed by atoms with Crippen LogP contribution in [0.5, 0.6) is 0 Å². The number of hydrogen-bond donors (Lipinski definition) is 2. The van der Waals surface area contributed by atoms with Gasteiger partial charge in [0.1, 0.15) is 12.1 Å². The first kappa shape index (κ1) is 13.4. The highest BCUT2D eigenvalue weighted by Gasteiger charge is 2.30. The van der Waals surface area contributed by atoms with Gasteiger partial charge in [0.05, 0.1) is 5.41 Å². The van der Waals surface area contributed by atoms with Crippen LogP contribution in [0, 0.1) is 5.41 Å². The van der Waals surface area contributed by atoms with E-state index in [9.17, 15) is 4.79 Å². The summed E-state index contributed by atoms with van der Waals surface area (Å²) < 4.78 is 0. The van der Waals surface area contributed by atoms with Crippen LogP contribution in [-0.2, 0) is 11.2 Å². The largest absolute Gasteiger partial charge is 0.481 e. The molecule has 0 aromatic carbocycles. The number of aryl methyl sites for hydroxylation is 1. The van der Waals surface area contributed by atoms with Crippen LogP contribution < -0.4 is 5.32 Å². The molecule has 1 aromatic heterocycles. The second-order valence-electron chi connectivity index (χ2n) is 4.32. The average Bonchev–Trinajstić information content (AvgIpc) is 2.36. The third-order valence-electron chi connectivity index (χ3n) is 3.04. The number of carboxylic acid groups (broad SMARTS) is 1. The van der Waals surface area contributed by atoms with Gasteiger partial charge in [0.25, 0.3) is 0 Å². The first-order valence-corrected chi connectivity index (χ1v) is 5.80. The Kier molecular flexibility index (Phi) is 4.43. The van der Waals surface area contributed by atoms with Crippen molar-refractivity contribution in [1.82, 2.24) is 9.97 Å². The van der Waals surface area contributed by atoms with Crippen LogP contribution in [0.25, 0.3) is 0 Å². The van der Waals surface area contributed by atoms with Crippen molar-refractivity contribution in [2.45, 2.75) is 33.6 Å². The Morgan fingerprint density at radius 2 is 2.18 bits per heavy atom. The summed E-state index contributed by atoms with van der Waals surface area (Å²) in [4.78, 5) is 19.3. The molecule has 0 amide bonds. The number of hydrogen-bond acceptors (Lipinski definition) is 4. The number of carbonyl (C=O) groups is 1. The zero-order valence-electron chi connectivity index (χ0n) is 10.5. The smallest absolute Gasteiger partial charge is 0.311 e. The van der Waals surface area contributed by atoms with Crippen molar-refractivity contribution in [3.05, 3.63) is 18.1 Å². The van der Waals surface area contributed by atoms with E-state index in [1.165, 1.54) is 6.33 Å². The van der Waals surface area contributed by atoms with Crippen molar-refractivity contribution in [1.29, 1.82) is 0 Å². The van der Waals surface area contributed by atoms with Gasteiger partial charge in [0.2, 0.25) is 0 Å². The average molecular weight is 237 g/mol. The fourth-order valence-electron chi connectivity index (χ4n) is 1.33. The van der Waals surface area contributed by atoms with E-state index in [2.05, 4.69) is 15.3 Å². The van der Waals surface area contributed by atoms with Gasteiger partial charge in [-0.2, -0.15) is 0 Å². The van der Waals surface area contributed by atoms with Gasteiger partial charge in [0, 0.05) is 18.3 Å². The molecule has 2 N–H and O–H groups in total. The third kappa shape index (κ3) is 3.41. The van der Waals surface area contributed by atoms with E-state index >= 15 is 0 Å². The standard InChI is InChI=1S/C12H19N3O2/c1-4-9-6-10(15-8-14-9)13-7-12(3,5-2)11(16)17/h6,8H,4-5,7H2,1-3H3,(H,16,17)(H,13,14,15). The summed E-state index contributed by atoms with van der Waals surface area (Å²) in [5.74, 6) is -0.116. The number of carboxylic acids is 1. The predicted octanol–water partition coefficient (Wildman–Crippen LogP) is 1.95. The molecule has 5 heteroatoms. The molecule has 1 aromatic rings. The first-order valence-electron chi connectivity index (χ1n) is 5.80. The minimum Gasteiger partial charge on any atom is -0.481 e. The summed E-state index contributed by atoms with van der Waals surface area (Å²) in [6.07, 6.45) is 2.90. The van der Waals surface area contributed by atoms with Gasteiger partial charge in [-0.25, -0.2) is 9.97 Å². The summed E-state index contributed by atoms with van der Waals surface area (Å²) in [6, 6.07) is 1.85. The zero-order chi connectivity index (χ0) is 12.9. The molecule has 17 heavy (non-hydrogen) atoms. The van der Waals surface area contributed by atoms with Gasteiger partial charge in [-0.3, -0.25) is 4.79 Å². The molecule has 0 saturated carbocycles. The molecule has 1 atom stereocenters. The van der Waals surface area contributed by atoms with E-state index in [-0.39, 0.29) is 0 Å². The first-order chi connectivity index (χ1) is 8.01. The van der Waals surface area contributed by atoms with Crippen molar-refractivity contribution in [2.24, 2.45) is 5.41 Å². The topological polar surface area (TPSA) is 75.1 Å². The molecular weight excluding hydrogens is 218 g/mol. The second-order valence-corrected chi connectivity index (χ2v) is 4.32. The number of rotatable bonds is 6. The van der Waals surface area contributed by atoms with Crippen molar-refractivity contribution in [3.63, 3.8) is 0 Å². The van der Waals surface area contributed by atoms with E-state index in [4.69, 9.17) is 5.11 Å². The maximum absolute atomic E-state index is 11.1. The Hall–Kier alpha value is -1.65. The lowest BCUT2D eigenvalue weighted by molar-refractivity contribution is -0.147. The van der Waals surface area contributed by atoms with Crippen molar-refractivity contribution >= 4 is 11.8 Å². The highest BCUT2D eigenvalue weighted by Crippen LogP contribution is 2.21. The second kappa shape index (κ2) is 5.61. The third-order valence-corrected chi connectivity index (χ3v) is 3.04. The molecular formula is C12H19N3O2. The fourth-order valence-corrected chi connectivity index (χ4v) is 1.33. The molecule has 94 valence electrons. The molecule has 0 aliphatic heterocycles. The van der Waals surface area contributed by atoms with Crippen LogP contribution in [0.1, 0.15) is 32.9 Å². The summed E-state index contributed by atoms with van der Waals surface area (Å²) in [5.41, 5.74) is 0.174. The van der Waals surface area contributed by atoms with Crippen LogP contribution in [0.4, 0.5) is 5.82 Å². The van der Waals surface area contributed by atoms with E-state index < -0.39 is 11.4 Å². The van der Waals surface area contributed by atoms with E-state index in [1.54, 1.807) is 6.92 Å². The highest BCUT2D eigenvalue weighted by molar-refractivity contribution is 5.74. The maximum Gasteiger partial charge on any atom is 0.311 e. The summed E-state index contributed by atoms with van der Waals surface area (Å²) in [7, 11) is 0. The quantitative estimate of drug-likeness (QED) is 0.791. The van der Waals surface area contributed by atoms with Crippen LogP contribution >= 0.6 is 0 Å². The highest BCUT2D eigenvalue weighted by atomic mass is 16.4. The van der Waals surface area contributed by atoms with E-state index in [1.807, 2.05) is 19.9 Å². The predicted molar refractivity (Wildman–Crippen MR) is 65.9 cm³/mol. The molecule has 0 saturated heterocycles. The number of aliphatic carboxylic acids is 1. The van der Waals surface area contributed by atoms with Crippen molar-refractivity contribution < 1.29 is 9.90 Å². The molecule has 0 aliphatic rings. The molecule has 1 heterocycles. The Morgan fingerprint density at radius 3 is 2.71 bits per heavy atom. The lowest BCUT2D eigenvalue weighted by Crippen LogP contribution is -2.34. The number of nitrogens with zero attached hydrogens (tertiary/aromatic N) is 2. The number of nitrogens with one attached hydrogen (secondary N) is 1. The molecule has 1 rings (SSSR count). The summed E-state index contributed by atoms with van der Waals surface area (Å²) in [5, 5.41) is 12.2. The van der Waals surface area contributed by atoms with Crippen LogP contribution in [-0.4, -0.2) is 27.6 Å². The Bertz CT molecular complexity index is 395. The molecule has 0 radical (unpaired) electrons. The minimum absolute atomic E-state index is 0.360. The lowest BCUT2D eigenvalue weighted by atomic mass is 9.88. The van der Waals surface area contributed by atoms with Crippen LogP contribution in [0.15, 0.2) is 12.4 Å². The van der Waals surface area contributed by atoms with Crippen molar-refractivity contribution in [3.8, 4) is 0 Å². The minimum atomic E-state index is -0.794. The van der Waals surface area contributed by atoms with Gasteiger partial charge in [0.15, 0.2) is 0 Å². The number of aromatic nitrogens is 2. The fraction of sp³-hybridized carbons (Fsp3) is 0.583. The molecule has 1 unspecified atom stereocenters. The molecule has 0 bridgehead atoms. The van der Waals surface area contributed by atoms with Gasteiger partial charge in [-0.1, -0.05) is 13.8 Å². The van der Waals surface area contributed by atoms with Crippen molar-refractivity contribution in [2.75, 3.05) is 11.9 Å². The number of anilines is 1.